The number of anilines is 1. The Morgan fingerprint density at radius 3 is 1.96 bits per heavy atom. The van der Waals surface area contributed by atoms with Gasteiger partial charge in [-0.1, -0.05) is 72.8 Å². The number of hydrogen-bond acceptors (Lipinski definition) is 18. The predicted molar refractivity (Wildman–Crippen MR) is 310 cm³/mol. The summed E-state index contributed by atoms with van der Waals surface area (Å²) in [6.45, 7) is 7.91. The molecule has 3 aromatic heterocycles. The molecule has 0 aliphatic carbocycles. The number of carbonyl (C=O) groups excluding carboxylic acids is 2. The van der Waals surface area contributed by atoms with Crippen LogP contribution in [-0.2, 0) is 43.1 Å². The van der Waals surface area contributed by atoms with Crippen LogP contribution in [0.3, 0.4) is 0 Å². The van der Waals surface area contributed by atoms with Crippen molar-refractivity contribution in [2.75, 3.05) is 53.5 Å². The highest BCUT2D eigenvalue weighted by Crippen LogP contribution is 2.51. The van der Waals surface area contributed by atoms with Gasteiger partial charge in [0.15, 0.2) is 29.4 Å². The third-order valence-electron chi connectivity index (χ3n) is 14.8. The lowest BCUT2D eigenvalue weighted by Gasteiger charge is -2.38. The van der Waals surface area contributed by atoms with E-state index in [9.17, 15) is 24.4 Å². The van der Waals surface area contributed by atoms with Gasteiger partial charge in [0, 0.05) is 63.0 Å². The maximum atomic E-state index is 14.9. The quantitative estimate of drug-likeness (QED) is 0.0273. The Hall–Kier alpha value is -7.75. The van der Waals surface area contributed by atoms with Gasteiger partial charge in [-0.05, 0) is 80.8 Å². The van der Waals surface area contributed by atoms with Crippen LogP contribution in [0.1, 0.15) is 80.0 Å². The van der Waals surface area contributed by atoms with Gasteiger partial charge in [0.05, 0.1) is 52.4 Å². The maximum absolute atomic E-state index is 14.9. The van der Waals surface area contributed by atoms with E-state index in [1.807, 2.05) is 113 Å². The van der Waals surface area contributed by atoms with E-state index in [4.69, 9.17) is 42.2 Å². The second-order valence-corrected chi connectivity index (χ2v) is 21.9. The topological polar surface area (TPSA) is 267 Å². The summed E-state index contributed by atoms with van der Waals surface area (Å²) >= 11 is 0. The number of fused-ring (bicyclic) bond motifs is 1. The summed E-state index contributed by atoms with van der Waals surface area (Å²) in [5.74, 6) is -0.180. The zero-order chi connectivity index (χ0) is 59.5. The normalized spacial score (nSPS) is 21.0. The van der Waals surface area contributed by atoms with Crippen molar-refractivity contribution in [1.82, 2.24) is 39.1 Å². The summed E-state index contributed by atoms with van der Waals surface area (Å²) in [6, 6.07) is 36.7. The minimum Gasteiger partial charge on any atom is -0.497 e. The highest BCUT2D eigenvalue weighted by atomic mass is 31.2. The molecular weight excluding hydrogens is 1100 g/mol. The first kappa shape index (κ1) is 60.8. The summed E-state index contributed by atoms with van der Waals surface area (Å²) in [6.07, 6.45) is -2.62. The fraction of sp³-hybridized carbons (Fsp3) is 0.400. The van der Waals surface area contributed by atoms with E-state index >= 15 is 0 Å². The van der Waals surface area contributed by atoms with Gasteiger partial charge >= 0.3 is 5.69 Å². The summed E-state index contributed by atoms with van der Waals surface area (Å²) in [7, 11) is 4.29. The first-order chi connectivity index (χ1) is 40.7. The largest absolute Gasteiger partial charge is 0.497 e. The van der Waals surface area contributed by atoms with E-state index in [2.05, 4.69) is 41.3 Å². The van der Waals surface area contributed by atoms with Gasteiger partial charge in [-0.15, -0.1) is 0 Å². The number of H-pyrrole nitrogens is 1. The number of rotatable bonds is 26. The van der Waals surface area contributed by atoms with Gasteiger partial charge in [0.2, 0.25) is 5.91 Å². The van der Waals surface area contributed by atoms with Crippen molar-refractivity contribution >= 4 is 37.3 Å². The molecule has 9 atom stereocenters. The van der Waals surface area contributed by atoms with Crippen LogP contribution in [0.15, 0.2) is 144 Å². The first-order valence-corrected chi connectivity index (χ1v) is 28.6. The van der Waals surface area contributed by atoms with Crippen LogP contribution in [0.4, 0.5) is 5.82 Å². The SMILES string of the molecule is COc1ccc(C(OC[C@H]2O[C@@H](n3ccc(=O)[nH]c3=O)[C@H](OC)[C@@H]2CC(=O)NC[C@H]2O[C@@H](n3cnc4c(NC(=O)c5ccccc5)ncnc43)[C@H](OC)[C@@H]2OP(OCCC#N)N(C(C)C)C(C)C)(c2ccccc2)c2ccc(OC)cc2)cc1. The van der Waals surface area contributed by atoms with Crippen LogP contribution >= 0.6 is 8.53 Å². The summed E-state index contributed by atoms with van der Waals surface area (Å²) in [5.41, 5.74) is 0.657. The molecule has 24 heteroatoms. The standard InChI is InChI=1S/C60H69N10O13P/c1-37(2)70(38(3)4)84(80-31-15-29-61)83-52-46(81-58(53(52)78-8)69-36-65-50-54(63-35-64-55(50)69)67-56(73)39-16-11-9-12-17-39)33-62-49(72)32-45-47(82-57(51(45)77-7)68-30-28-48(71)66-59(68)74)34-79-60(40-18-13-10-14-19-40,41-20-24-43(75-5)25-21-41)42-22-26-44(76-6)27-23-42/h9-14,16-28,30,35-38,45-47,51-53,57-58H,15,31-34H2,1-8H3,(H,62,72)(H,66,71,74)(H,63,64,67,73)/t45-,46-,47-,51-,52-,53-,57-,58-,84?/m1/s1. The molecule has 2 fully saturated rings. The predicted octanol–water partition coefficient (Wildman–Crippen LogP) is 7.26. The van der Waals surface area contributed by atoms with Gasteiger partial charge < -0.3 is 52.8 Å². The van der Waals surface area contributed by atoms with E-state index in [0.717, 1.165) is 16.7 Å². The Balaban J connectivity index is 1.05. The average molecular weight is 1170 g/mol. The third kappa shape index (κ3) is 13.1. The number of nitrogens with one attached hydrogen (secondary N) is 3. The fourth-order valence-electron chi connectivity index (χ4n) is 10.9. The molecule has 2 aliphatic rings. The second-order valence-electron chi connectivity index (χ2n) is 20.5. The number of carbonyl (C=O) groups is 2. The van der Waals surface area contributed by atoms with Crippen molar-refractivity contribution in [1.29, 1.82) is 5.26 Å². The Morgan fingerprint density at radius 2 is 1.37 bits per heavy atom. The molecule has 9 rings (SSSR count). The second kappa shape index (κ2) is 27.8. The zero-order valence-corrected chi connectivity index (χ0v) is 48.8. The van der Waals surface area contributed by atoms with Crippen LogP contribution in [0.5, 0.6) is 11.5 Å². The number of aromatic nitrogens is 6. The molecule has 0 saturated carbocycles. The summed E-state index contributed by atoms with van der Waals surface area (Å²) < 4.78 is 63.0. The number of nitrogens with zero attached hydrogens (tertiary/aromatic N) is 7. The molecule has 0 bridgehead atoms. The molecule has 84 heavy (non-hydrogen) atoms. The van der Waals surface area contributed by atoms with Gasteiger partial charge in [-0.3, -0.25) is 28.5 Å². The maximum Gasteiger partial charge on any atom is 0.330 e. The van der Waals surface area contributed by atoms with Crippen molar-refractivity contribution in [2.24, 2.45) is 5.92 Å². The molecule has 3 N–H and O–H groups in total. The summed E-state index contributed by atoms with van der Waals surface area (Å²) in [5, 5.41) is 15.5. The molecule has 0 spiro atoms. The number of ether oxygens (including phenoxy) is 7. The van der Waals surface area contributed by atoms with Crippen LogP contribution in [0.2, 0.25) is 0 Å². The molecule has 442 valence electrons. The molecule has 5 heterocycles. The number of hydrogen-bond donors (Lipinski definition) is 3. The Morgan fingerprint density at radius 1 is 0.762 bits per heavy atom. The lowest BCUT2D eigenvalue weighted by atomic mass is 9.79. The van der Waals surface area contributed by atoms with E-state index in [1.165, 1.54) is 43.7 Å². The van der Waals surface area contributed by atoms with Crippen molar-refractivity contribution < 1.29 is 51.8 Å². The molecule has 4 aromatic carbocycles. The van der Waals surface area contributed by atoms with Crippen LogP contribution < -0.4 is 31.4 Å². The van der Waals surface area contributed by atoms with Crippen molar-refractivity contribution in [3.8, 4) is 17.6 Å². The zero-order valence-electron chi connectivity index (χ0n) is 47.9. The van der Waals surface area contributed by atoms with Gasteiger partial charge in [-0.25, -0.2) is 24.4 Å². The number of aromatic amines is 1. The van der Waals surface area contributed by atoms with Crippen LogP contribution in [0, 0.1) is 17.2 Å². The average Bonchev–Trinajstić information content (AvgIpc) is 3.37. The van der Waals surface area contributed by atoms with Gasteiger partial charge in [0.1, 0.15) is 47.8 Å². The molecule has 1 unspecified atom stereocenters. The lowest BCUT2D eigenvalue weighted by Crippen LogP contribution is -2.44. The first-order valence-electron chi connectivity index (χ1n) is 27.5. The number of nitriles is 1. The Bertz CT molecular complexity index is 3420. The lowest BCUT2D eigenvalue weighted by molar-refractivity contribution is -0.125. The van der Waals surface area contributed by atoms with E-state index in [0.29, 0.717) is 22.7 Å². The Kier molecular flexibility index (Phi) is 20.1. The third-order valence-corrected chi connectivity index (χ3v) is 16.9. The smallest absolute Gasteiger partial charge is 0.330 e. The molecular formula is C60H69N10O13P. The van der Waals surface area contributed by atoms with Crippen LogP contribution in [-0.4, -0.2) is 136 Å². The van der Waals surface area contributed by atoms with E-state index < -0.39 is 86.1 Å². The van der Waals surface area contributed by atoms with Crippen LogP contribution in [0.25, 0.3) is 11.2 Å². The highest BCUT2D eigenvalue weighted by molar-refractivity contribution is 7.44. The van der Waals surface area contributed by atoms with Crippen molar-refractivity contribution in [2.45, 2.75) is 101 Å². The highest BCUT2D eigenvalue weighted by Gasteiger charge is 2.52. The number of methoxy groups -OCH3 is 4. The molecule has 0 radical (unpaired) electrons. The van der Waals surface area contributed by atoms with Gasteiger partial charge in [-0.2, -0.15) is 5.26 Å². The summed E-state index contributed by atoms with van der Waals surface area (Å²) in [4.78, 5) is 70.0. The monoisotopic (exact) mass is 1170 g/mol. The molecule has 2 aliphatic heterocycles. The fourth-order valence-corrected chi connectivity index (χ4v) is 12.7. The molecule has 2 saturated heterocycles. The Labute approximate surface area is 487 Å². The molecule has 23 nitrogen and oxygen atoms in total. The van der Waals surface area contributed by atoms with E-state index in [-0.39, 0.29) is 56.0 Å². The van der Waals surface area contributed by atoms with Gasteiger partial charge in [0.25, 0.3) is 20.0 Å². The number of imidazole rings is 1. The van der Waals surface area contributed by atoms with Crippen molar-refractivity contribution in [3.05, 3.63) is 177 Å². The number of amides is 2. The minimum atomic E-state index is -1.88. The number of benzene rings is 4. The van der Waals surface area contributed by atoms with Crippen molar-refractivity contribution in [3.63, 3.8) is 0 Å². The van der Waals surface area contributed by atoms with E-state index in [1.54, 1.807) is 43.1 Å². The molecule has 2 amide bonds. The minimum absolute atomic E-state index is 0.0605. The molecule has 7 aromatic rings.